The maximum atomic E-state index is 13.8. The number of halogens is 1. The van der Waals surface area contributed by atoms with Crippen LogP contribution in [-0.4, -0.2) is 0 Å². The molecule has 0 heterocycles. The predicted octanol–water partition coefficient (Wildman–Crippen LogP) is 5.71. The van der Waals surface area contributed by atoms with Crippen molar-refractivity contribution in [1.29, 1.82) is 0 Å². The van der Waals surface area contributed by atoms with Crippen LogP contribution in [0.3, 0.4) is 0 Å². The highest BCUT2D eigenvalue weighted by molar-refractivity contribution is 5.68. The Kier molecular flexibility index (Phi) is 4.94. The van der Waals surface area contributed by atoms with Crippen molar-refractivity contribution in [3.8, 4) is 11.1 Å². The van der Waals surface area contributed by atoms with Crippen molar-refractivity contribution >= 4 is 0 Å². The molecule has 20 heavy (non-hydrogen) atoms. The van der Waals surface area contributed by atoms with Gasteiger partial charge < -0.3 is 0 Å². The van der Waals surface area contributed by atoms with Crippen LogP contribution in [0.4, 0.5) is 4.39 Å². The lowest BCUT2D eigenvalue weighted by atomic mass is 9.93. The quantitative estimate of drug-likeness (QED) is 0.653. The minimum Gasteiger partial charge on any atom is -0.207 e. The molecule has 106 valence electrons. The van der Waals surface area contributed by atoms with Crippen LogP contribution in [0.5, 0.6) is 0 Å². The first-order chi connectivity index (χ1) is 9.65. The van der Waals surface area contributed by atoms with Gasteiger partial charge in [0.25, 0.3) is 0 Å². The molecule has 0 atom stereocenters. The van der Waals surface area contributed by atoms with Gasteiger partial charge >= 0.3 is 0 Å². The van der Waals surface area contributed by atoms with Gasteiger partial charge in [0.2, 0.25) is 0 Å². The first kappa shape index (κ1) is 14.8. The van der Waals surface area contributed by atoms with Crippen LogP contribution in [0, 0.1) is 12.7 Å². The molecule has 0 unspecified atom stereocenters. The summed E-state index contributed by atoms with van der Waals surface area (Å²) in [6, 6.07) is 12.2. The minimum atomic E-state index is -0.123. The van der Waals surface area contributed by atoms with Gasteiger partial charge in [-0.15, -0.1) is 0 Å². The zero-order valence-corrected chi connectivity index (χ0v) is 12.7. The Morgan fingerprint density at radius 3 is 2.30 bits per heavy atom. The molecule has 0 spiro atoms. The second-order valence-electron chi connectivity index (χ2n) is 5.46. The first-order valence-corrected chi connectivity index (χ1v) is 7.54. The van der Waals surface area contributed by atoms with E-state index in [0.717, 1.165) is 31.2 Å². The average Bonchev–Trinajstić information content (AvgIpc) is 2.43. The Bertz CT molecular complexity index is 584. The Hall–Kier alpha value is -1.63. The van der Waals surface area contributed by atoms with E-state index in [1.807, 2.05) is 12.1 Å². The minimum absolute atomic E-state index is 0.123. The molecule has 0 radical (unpaired) electrons. The molecule has 0 N–H and O–H groups in total. The second kappa shape index (κ2) is 6.69. The highest BCUT2D eigenvalue weighted by Gasteiger charge is 2.08. The van der Waals surface area contributed by atoms with Crippen molar-refractivity contribution in [3.05, 3.63) is 58.9 Å². The molecule has 0 amide bonds. The van der Waals surface area contributed by atoms with Crippen molar-refractivity contribution in [2.45, 2.75) is 46.5 Å². The molecule has 0 nitrogen and oxygen atoms in total. The van der Waals surface area contributed by atoms with E-state index in [0.29, 0.717) is 5.56 Å². The first-order valence-electron chi connectivity index (χ1n) is 7.54. The highest BCUT2D eigenvalue weighted by atomic mass is 19.1. The molecule has 0 bridgehead atoms. The molecule has 0 saturated carbocycles. The SMILES string of the molecule is CCCc1ccc(-c2ccc(C)c(F)c2)c(CCC)c1. The fourth-order valence-corrected chi connectivity index (χ4v) is 2.61. The van der Waals surface area contributed by atoms with E-state index in [2.05, 4.69) is 32.0 Å². The van der Waals surface area contributed by atoms with Gasteiger partial charge in [-0.05, 0) is 53.6 Å². The fraction of sp³-hybridized carbons (Fsp3) is 0.368. The molecule has 2 aromatic rings. The average molecular weight is 270 g/mol. The summed E-state index contributed by atoms with van der Waals surface area (Å²) in [5.41, 5.74) is 5.58. The normalized spacial score (nSPS) is 10.8. The molecule has 0 fully saturated rings. The lowest BCUT2D eigenvalue weighted by Gasteiger charge is -2.12. The van der Waals surface area contributed by atoms with Crippen molar-refractivity contribution in [2.75, 3.05) is 0 Å². The number of hydrogen-bond acceptors (Lipinski definition) is 0. The van der Waals surface area contributed by atoms with Gasteiger partial charge in [0.15, 0.2) is 0 Å². The maximum Gasteiger partial charge on any atom is 0.126 e. The van der Waals surface area contributed by atoms with Crippen molar-refractivity contribution < 1.29 is 4.39 Å². The van der Waals surface area contributed by atoms with Crippen LogP contribution in [0.2, 0.25) is 0 Å². The molecule has 0 saturated heterocycles. The van der Waals surface area contributed by atoms with Crippen LogP contribution in [0.15, 0.2) is 36.4 Å². The smallest absolute Gasteiger partial charge is 0.126 e. The van der Waals surface area contributed by atoms with Crippen LogP contribution >= 0.6 is 0 Å². The summed E-state index contributed by atoms with van der Waals surface area (Å²) in [5, 5.41) is 0. The number of rotatable bonds is 5. The van der Waals surface area contributed by atoms with Crippen LogP contribution in [-0.2, 0) is 12.8 Å². The summed E-state index contributed by atoms with van der Waals surface area (Å²) in [5.74, 6) is -0.123. The summed E-state index contributed by atoms with van der Waals surface area (Å²) in [6.45, 7) is 6.19. The highest BCUT2D eigenvalue weighted by Crippen LogP contribution is 2.27. The molecule has 1 heteroatoms. The Balaban J connectivity index is 2.45. The molecule has 0 aliphatic heterocycles. The van der Waals surface area contributed by atoms with Gasteiger partial charge in [0.05, 0.1) is 0 Å². The standard InChI is InChI=1S/C19H23F/c1-4-6-15-9-11-18(16(12-15)7-5-2)17-10-8-14(3)19(20)13-17/h8-13H,4-7H2,1-3H3. The lowest BCUT2D eigenvalue weighted by molar-refractivity contribution is 0.619. The Morgan fingerprint density at radius 2 is 1.65 bits per heavy atom. The van der Waals surface area contributed by atoms with Crippen molar-refractivity contribution in [2.24, 2.45) is 0 Å². The largest absolute Gasteiger partial charge is 0.207 e. The summed E-state index contributed by atoms with van der Waals surface area (Å²) in [7, 11) is 0. The zero-order valence-electron chi connectivity index (χ0n) is 12.7. The van der Waals surface area contributed by atoms with E-state index in [-0.39, 0.29) is 5.82 Å². The maximum absolute atomic E-state index is 13.8. The molecule has 2 rings (SSSR count). The third kappa shape index (κ3) is 3.27. The summed E-state index contributed by atoms with van der Waals surface area (Å²) < 4.78 is 13.8. The van der Waals surface area contributed by atoms with E-state index in [4.69, 9.17) is 0 Å². The van der Waals surface area contributed by atoms with Crippen LogP contribution in [0.25, 0.3) is 11.1 Å². The monoisotopic (exact) mass is 270 g/mol. The molecule has 2 aromatic carbocycles. The predicted molar refractivity (Wildman–Crippen MR) is 84.6 cm³/mol. The lowest BCUT2D eigenvalue weighted by Crippen LogP contribution is -1.94. The summed E-state index contributed by atoms with van der Waals surface area (Å²) in [4.78, 5) is 0. The second-order valence-corrected chi connectivity index (χ2v) is 5.46. The summed E-state index contributed by atoms with van der Waals surface area (Å²) >= 11 is 0. The van der Waals surface area contributed by atoms with Gasteiger partial charge in [-0.25, -0.2) is 4.39 Å². The van der Waals surface area contributed by atoms with Crippen LogP contribution < -0.4 is 0 Å². The third-order valence-corrected chi connectivity index (χ3v) is 3.71. The van der Waals surface area contributed by atoms with Gasteiger partial charge in [0.1, 0.15) is 5.82 Å². The van der Waals surface area contributed by atoms with Gasteiger partial charge in [0, 0.05) is 0 Å². The van der Waals surface area contributed by atoms with E-state index in [1.54, 1.807) is 13.0 Å². The van der Waals surface area contributed by atoms with E-state index in [9.17, 15) is 4.39 Å². The number of hydrogen-bond donors (Lipinski definition) is 0. The topological polar surface area (TPSA) is 0 Å². The molecular formula is C19H23F. The van der Waals surface area contributed by atoms with Gasteiger partial charge in [-0.3, -0.25) is 0 Å². The number of benzene rings is 2. The Morgan fingerprint density at radius 1 is 0.900 bits per heavy atom. The van der Waals surface area contributed by atoms with E-state index < -0.39 is 0 Å². The summed E-state index contributed by atoms with van der Waals surface area (Å²) in [6.07, 6.45) is 4.42. The van der Waals surface area contributed by atoms with Crippen molar-refractivity contribution in [1.82, 2.24) is 0 Å². The molecular weight excluding hydrogens is 247 g/mol. The fourth-order valence-electron chi connectivity index (χ4n) is 2.61. The van der Waals surface area contributed by atoms with E-state index >= 15 is 0 Å². The van der Waals surface area contributed by atoms with Gasteiger partial charge in [-0.2, -0.15) is 0 Å². The molecule has 0 aliphatic rings. The third-order valence-electron chi connectivity index (χ3n) is 3.71. The zero-order chi connectivity index (χ0) is 14.5. The molecule has 0 aromatic heterocycles. The van der Waals surface area contributed by atoms with E-state index in [1.165, 1.54) is 16.7 Å². The van der Waals surface area contributed by atoms with Crippen molar-refractivity contribution in [3.63, 3.8) is 0 Å². The molecule has 0 aliphatic carbocycles. The Labute approximate surface area is 121 Å². The van der Waals surface area contributed by atoms with Gasteiger partial charge in [-0.1, -0.05) is 57.0 Å². The number of aryl methyl sites for hydroxylation is 3. The van der Waals surface area contributed by atoms with Crippen LogP contribution in [0.1, 0.15) is 43.4 Å².